The topological polar surface area (TPSA) is 145 Å². The highest BCUT2D eigenvalue weighted by Crippen LogP contribution is 2.32. The Morgan fingerprint density at radius 1 is 1.20 bits per heavy atom. The number of piperazine rings is 1. The number of anilines is 3. The minimum absolute atomic E-state index is 0.0741. The lowest BCUT2D eigenvalue weighted by Crippen LogP contribution is -2.48. The zero-order valence-corrected chi connectivity index (χ0v) is 23.4. The third kappa shape index (κ3) is 6.65. The smallest absolute Gasteiger partial charge is 0.328 e. The molecule has 0 spiro atoms. The second-order valence-corrected chi connectivity index (χ2v) is 9.68. The van der Waals surface area contributed by atoms with E-state index in [4.69, 9.17) is 19.2 Å². The van der Waals surface area contributed by atoms with Crippen LogP contribution in [-0.2, 0) is 32.0 Å². The number of carbonyl (C=O) groups is 2. The number of urea groups is 1. The molecule has 4 heterocycles. The summed E-state index contributed by atoms with van der Waals surface area (Å²) >= 11 is 0. The number of ether oxygens (including phenoxy) is 3. The molecule has 0 unspecified atom stereocenters. The van der Waals surface area contributed by atoms with E-state index in [-0.39, 0.29) is 11.9 Å². The number of aryl methyl sites for hydroxylation is 1. The Bertz CT molecular complexity index is 1260. The molecule has 0 aromatic carbocycles. The Morgan fingerprint density at radius 3 is 2.70 bits per heavy atom. The van der Waals surface area contributed by atoms with E-state index in [1.54, 1.807) is 23.0 Å². The van der Waals surface area contributed by atoms with Crippen molar-refractivity contribution < 1.29 is 23.8 Å². The van der Waals surface area contributed by atoms with Gasteiger partial charge in [-0.3, -0.25) is 19.9 Å². The number of methoxy groups -OCH3 is 3. The maximum Gasteiger partial charge on any atom is 0.328 e. The molecule has 13 heteroatoms. The van der Waals surface area contributed by atoms with E-state index in [2.05, 4.69) is 26.6 Å². The molecule has 1 saturated heterocycles. The van der Waals surface area contributed by atoms with Gasteiger partial charge in [-0.15, -0.1) is 0 Å². The fraction of sp³-hybridized carbons (Fsp3) is 0.519. The predicted molar refractivity (Wildman–Crippen MR) is 148 cm³/mol. The summed E-state index contributed by atoms with van der Waals surface area (Å²) in [4.78, 5) is 40.3. The fourth-order valence-corrected chi connectivity index (χ4v) is 4.81. The average molecular weight is 553 g/mol. The van der Waals surface area contributed by atoms with Crippen LogP contribution in [0, 0.1) is 11.3 Å². The van der Waals surface area contributed by atoms with Crippen molar-refractivity contribution in [3.63, 3.8) is 0 Å². The summed E-state index contributed by atoms with van der Waals surface area (Å²) in [5.74, 6) is 0.910. The van der Waals surface area contributed by atoms with Crippen LogP contribution in [0.3, 0.4) is 0 Å². The van der Waals surface area contributed by atoms with Gasteiger partial charge in [0.1, 0.15) is 23.4 Å². The van der Waals surface area contributed by atoms with Gasteiger partial charge in [0.2, 0.25) is 12.2 Å². The van der Waals surface area contributed by atoms with E-state index in [1.807, 2.05) is 13.1 Å². The summed E-state index contributed by atoms with van der Waals surface area (Å²) < 4.78 is 16.2. The van der Waals surface area contributed by atoms with Crippen LogP contribution in [0.2, 0.25) is 0 Å². The summed E-state index contributed by atoms with van der Waals surface area (Å²) in [6.45, 7) is 3.68. The highest BCUT2D eigenvalue weighted by Gasteiger charge is 2.30. The number of pyridine rings is 2. The van der Waals surface area contributed by atoms with Gasteiger partial charge < -0.3 is 24.4 Å². The lowest BCUT2D eigenvalue weighted by atomic mass is 10.0. The van der Waals surface area contributed by atoms with E-state index in [0.29, 0.717) is 67.9 Å². The van der Waals surface area contributed by atoms with Crippen molar-refractivity contribution in [3.05, 3.63) is 40.7 Å². The molecule has 2 aromatic heterocycles. The van der Waals surface area contributed by atoms with Crippen molar-refractivity contribution in [2.45, 2.75) is 25.7 Å². The molecule has 0 radical (unpaired) electrons. The summed E-state index contributed by atoms with van der Waals surface area (Å²) in [5, 5.41) is 15.4. The molecule has 214 valence electrons. The zero-order chi connectivity index (χ0) is 28.6. The molecule has 1 fully saturated rings. The van der Waals surface area contributed by atoms with Crippen molar-refractivity contribution in [3.8, 4) is 6.07 Å². The molecule has 4 rings (SSSR count). The number of aromatic nitrogens is 2. The fourth-order valence-electron chi connectivity index (χ4n) is 4.81. The molecular weight excluding hydrogens is 516 g/mol. The quantitative estimate of drug-likeness (QED) is 0.331. The molecule has 0 bridgehead atoms. The number of nitrogens with zero attached hydrogens (tertiary/aromatic N) is 6. The number of carbonyl (C=O) groups excluding carboxylic acids is 2. The van der Waals surface area contributed by atoms with Crippen molar-refractivity contribution in [2.24, 2.45) is 0 Å². The van der Waals surface area contributed by atoms with E-state index in [1.165, 1.54) is 20.4 Å². The van der Waals surface area contributed by atoms with Crippen LogP contribution >= 0.6 is 0 Å². The largest absolute Gasteiger partial charge is 0.383 e. The molecule has 0 saturated carbocycles. The Balaban J connectivity index is 1.59. The first-order valence-corrected chi connectivity index (χ1v) is 13.1. The maximum atomic E-state index is 13.5. The number of hydrogen-bond donors (Lipinski definition) is 2. The van der Waals surface area contributed by atoms with Crippen LogP contribution in [0.4, 0.5) is 22.1 Å². The predicted octanol–water partition coefficient (Wildman–Crippen LogP) is 1.96. The van der Waals surface area contributed by atoms with Gasteiger partial charge in [0.05, 0.1) is 24.4 Å². The second kappa shape index (κ2) is 13.5. The first kappa shape index (κ1) is 29.2. The molecule has 2 aromatic rings. The van der Waals surface area contributed by atoms with Gasteiger partial charge in [-0.1, -0.05) is 0 Å². The zero-order valence-electron chi connectivity index (χ0n) is 23.4. The van der Waals surface area contributed by atoms with Crippen LogP contribution in [0.25, 0.3) is 0 Å². The summed E-state index contributed by atoms with van der Waals surface area (Å²) in [6.07, 6.45) is 2.20. The molecular formula is C27H36N8O5. The third-order valence-corrected chi connectivity index (χ3v) is 6.98. The highest BCUT2D eigenvalue weighted by molar-refractivity contribution is 6.01. The van der Waals surface area contributed by atoms with Gasteiger partial charge in [0.15, 0.2) is 0 Å². The minimum atomic E-state index is -0.740. The molecule has 2 aliphatic rings. The number of nitrogens with one attached hydrogen (secondary N) is 2. The van der Waals surface area contributed by atoms with Crippen molar-refractivity contribution >= 4 is 29.3 Å². The number of hydrogen-bond acceptors (Lipinski definition) is 10. The number of nitriles is 1. The number of likely N-dealkylation sites (N-methyl/N-ethyl adjacent to an activating group) is 1. The van der Waals surface area contributed by atoms with Crippen LogP contribution in [0.1, 0.15) is 35.1 Å². The monoisotopic (exact) mass is 552 g/mol. The van der Waals surface area contributed by atoms with Crippen LogP contribution in [0.5, 0.6) is 0 Å². The SMILES string of the molecule is COCCNc1cc(NC(=O)N2CCCc3cc(CN4CCN(C)C(=O)C4)c(C(OC)OC)nc32)ncc1C#N. The second-order valence-electron chi connectivity index (χ2n) is 9.68. The first-order chi connectivity index (χ1) is 19.4. The standard InChI is InChI=1S/C27H36N8O5/c1-33-9-10-34(17-23(33)36)16-19-12-18-6-5-8-35(25(18)32-24(19)26(39-3)40-4)27(37)31-22-13-21(29-7-11-38-2)20(14-28)15-30-22/h12-13,15,26H,5-11,16-17H2,1-4H3,(H2,29,30,31,37). The Kier molecular flexibility index (Phi) is 9.84. The number of rotatable bonds is 10. The van der Waals surface area contributed by atoms with Crippen LogP contribution < -0.4 is 15.5 Å². The molecule has 13 nitrogen and oxygen atoms in total. The normalized spacial score (nSPS) is 15.7. The lowest BCUT2D eigenvalue weighted by Gasteiger charge is -2.34. The van der Waals surface area contributed by atoms with Gasteiger partial charge in [-0.2, -0.15) is 5.26 Å². The Labute approximate surface area is 234 Å². The number of fused-ring (bicyclic) bond motifs is 1. The van der Waals surface area contributed by atoms with Crippen molar-refractivity contribution in [1.29, 1.82) is 5.26 Å². The van der Waals surface area contributed by atoms with Gasteiger partial charge in [0, 0.05) is 73.4 Å². The lowest BCUT2D eigenvalue weighted by molar-refractivity contribution is -0.134. The third-order valence-electron chi connectivity index (χ3n) is 6.98. The van der Waals surface area contributed by atoms with Crippen LogP contribution in [-0.4, -0.2) is 99.4 Å². The average Bonchev–Trinajstić information content (AvgIpc) is 2.95. The molecule has 40 heavy (non-hydrogen) atoms. The summed E-state index contributed by atoms with van der Waals surface area (Å²) in [5.41, 5.74) is 3.31. The summed E-state index contributed by atoms with van der Waals surface area (Å²) in [6, 6.07) is 5.38. The molecule has 0 aliphatic carbocycles. The Hall–Kier alpha value is -3.83. The first-order valence-electron chi connectivity index (χ1n) is 13.1. The molecule has 0 atom stereocenters. The van der Waals surface area contributed by atoms with Gasteiger partial charge in [0.25, 0.3) is 0 Å². The van der Waals surface area contributed by atoms with Gasteiger partial charge in [-0.25, -0.2) is 14.8 Å². The van der Waals surface area contributed by atoms with E-state index in [0.717, 1.165) is 30.5 Å². The van der Waals surface area contributed by atoms with E-state index in [9.17, 15) is 14.9 Å². The van der Waals surface area contributed by atoms with Gasteiger partial charge >= 0.3 is 6.03 Å². The van der Waals surface area contributed by atoms with Crippen molar-refractivity contribution in [1.82, 2.24) is 19.8 Å². The van der Waals surface area contributed by atoms with Crippen molar-refractivity contribution in [2.75, 3.05) is 83.2 Å². The van der Waals surface area contributed by atoms with E-state index < -0.39 is 6.29 Å². The maximum absolute atomic E-state index is 13.5. The molecule has 2 N–H and O–H groups in total. The minimum Gasteiger partial charge on any atom is -0.383 e. The van der Waals surface area contributed by atoms with Gasteiger partial charge in [-0.05, 0) is 30.0 Å². The number of amides is 3. The summed E-state index contributed by atoms with van der Waals surface area (Å²) in [7, 11) is 6.48. The molecule has 2 aliphatic heterocycles. The Morgan fingerprint density at radius 2 is 2.00 bits per heavy atom. The van der Waals surface area contributed by atoms with E-state index >= 15 is 0 Å². The molecule has 3 amide bonds. The van der Waals surface area contributed by atoms with Crippen LogP contribution in [0.15, 0.2) is 18.3 Å². The highest BCUT2D eigenvalue weighted by atomic mass is 16.7.